The molecule has 1 saturated carbocycles. The van der Waals surface area contributed by atoms with Crippen LogP contribution in [-0.4, -0.2) is 20.2 Å². The number of rotatable bonds is 5. The van der Waals surface area contributed by atoms with Crippen molar-refractivity contribution in [3.05, 3.63) is 15.8 Å². The summed E-state index contributed by atoms with van der Waals surface area (Å²) in [6, 6.07) is 0. The largest absolute Gasteiger partial charge is 0.359 e. The van der Waals surface area contributed by atoms with Crippen molar-refractivity contribution in [2.75, 3.05) is 5.32 Å². The van der Waals surface area contributed by atoms with E-state index in [1.54, 1.807) is 11.7 Å². The zero-order valence-electron chi connectivity index (χ0n) is 12.1. The van der Waals surface area contributed by atoms with Gasteiger partial charge in [0.15, 0.2) is 0 Å². The molecule has 1 aliphatic carbocycles. The Bertz CT molecular complexity index is 484. The van der Waals surface area contributed by atoms with E-state index in [0.29, 0.717) is 11.5 Å². The number of anilines is 1. The zero-order chi connectivity index (χ0) is 14.2. The minimum absolute atomic E-state index is 0.0206. The standard InChI is InChI=1S/C13H22N4O2/c1-5-13(7-6-8-13)14-12-11(17(18)19)10(9(2)3)15-16(12)4/h9,14H,5-8H2,1-4H3. The lowest BCUT2D eigenvalue weighted by Crippen LogP contribution is -2.44. The predicted molar refractivity (Wildman–Crippen MR) is 74.4 cm³/mol. The maximum Gasteiger partial charge on any atom is 0.334 e. The molecule has 1 heterocycles. The van der Waals surface area contributed by atoms with Crippen LogP contribution in [0.5, 0.6) is 0 Å². The van der Waals surface area contributed by atoms with E-state index in [4.69, 9.17) is 0 Å². The van der Waals surface area contributed by atoms with Gasteiger partial charge < -0.3 is 5.32 Å². The molecule has 1 aromatic heterocycles. The number of nitro groups is 1. The Morgan fingerprint density at radius 3 is 2.53 bits per heavy atom. The van der Waals surface area contributed by atoms with E-state index in [9.17, 15) is 10.1 Å². The molecule has 6 heteroatoms. The summed E-state index contributed by atoms with van der Waals surface area (Å²) < 4.78 is 1.61. The highest BCUT2D eigenvalue weighted by Gasteiger charge is 2.39. The van der Waals surface area contributed by atoms with Crippen LogP contribution in [0.15, 0.2) is 0 Å². The fraction of sp³-hybridized carbons (Fsp3) is 0.769. The molecule has 0 saturated heterocycles. The monoisotopic (exact) mass is 266 g/mol. The van der Waals surface area contributed by atoms with Crippen LogP contribution in [0.1, 0.15) is 58.1 Å². The average molecular weight is 266 g/mol. The van der Waals surface area contributed by atoms with Gasteiger partial charge in [0, 0.05) is 18.5 Å². The minimum Gasteiger partial charge on any atom is -0.359 e. The second-order valence-corrected chi connectivity index (χ2v) is 5.73. The molecule has 1 N–H and O–H groups in total. The molecule has 0 aliphatic heterocycles. The Balaban J connectivity index is 2.41. The van der Waals surface area contributed by atoms with Crippen LogP contribution < -0.4 is 5.32 Å². The van der Waals surface area contributed by atoms with Crippen LogP contribution in [0.4, 0.5) is 11.5 Å². The molecule has 0 aromatic carbocycles. The first-order valence-electron chi connectivity index (χ1n) is 6.89. The van der Waals surface area contributed by atoms with Crippen LogP contribution in [0, 0.1) is 10.1 Å². The lowest BCUT2D eigenvalue weighted by Gasteiger charge is -2.42. The number of nitrogens with zero attached hydrogens (tertiary/aromatic N) is 3. The van der Waals surface area contributed by atoms with Crippen molar-refractivity contribution in [3.63, 3.8) is 0 Å². The molecule has 0 bridgehead atoms. The smallest absolute Gasteiger partial charge is 0.334 e. The normalized spacial score (nSPS) is 17.3. The molecule has 106 valence electrons. The van der Waals surface area contributed by atoms with Gasteiger partial charge in [0.25, 0.3) is 0 Å². The Morgan fingerprint density at radius 2 is 2.16 bits per heavy atom. The topological polar surface area (TPSA) is 73.0 Å². The third-order valence-corrected chi connectivity index (χ3v) is 4.15. The SMILES string of the molecule is CCC1(Nc2c([N+](=O)[O-])c(C(C)C)nn2C)CCC1. The summed E-state index contributed by atoms with van der Waals surface area (Å²) in [6.07, 6.45) is 4.31. The van der Waals surface area contributed by atoms with Crippen LogP contribution >= 0.6 is 0 Å². The van der Waals surface area contributed by atoms with Crippen molar-refractivity contribution in [3.8, 4) is 0 Å². The highest BCUT2D eigenvalue weighted by Crippen LogP contribution is 2.41. The number of hydrogen-bond donors (Lipinski definition) is 1. The lowest BCUT2D eigenvalue weighted by atomic mass is 9.75. The minimum atomic E-state index is -0.313. The molecule has 0 radical (unpaired) electrons. The quantitative estimate of drug-likeness (QED) is 0.656. The number of hydrogen-bond acceptors (Lipinski definition) is 4. The third-order valence-electron chi connectivity index (χ3n) is 4.15. The van der Waals surface area contributed by atoms with E-state index in [1.165, 1.54) is 6.42 Å². The van der Waals surface area contributed by atoms with Crippen molar-refractivity contribution < 1.29 is 4.92 Å². The van der Waals surface area contributed by atoms with E-state index in [-0.39, 0.29) is 22.1 Å². The van der Waals surface area contributed by atoms with Crippen molar-refractivity contribution in [2.45, 2.75) is 57.9 Å². The first kappa shape index (κ1) is 13.8. The zero-order valence-corrected chi connectivity index (χ0v) is 12.1. The summed E-state index contributed by atoms with van der Waals surface area (Å²) in [6.45, 7) is 5.98. The third kappa shape index (κ3) is 2.31. The van der Waals surface area contributed by atoms with E-state index >= 15 is 0 Å². The van der Waals surface area contributed by atoms with E-state index in [2.05, 4.69) is 17.3 Å². The number of aryl methyl sites for hydroxylation is 1. The summed E-state index contributed by atoms with van der Waals surface area (Å²) in [5, 5.41) is 19.1. The van der Waals surface area contributed by atoms with Crippen LogP contribution in [-0.2, 0) is 7.05 Å². The number of aromatic nitrogens is 2. The Kier molecular flexibility index (Phi) is 3.52. The van der Waals surface area contributed by atoms with Gasteiger partial charge in [-0.15, -0.1) is 0 Å². The highest BCUT2D eigenvalue weighted by molar-refractivity contribution is 5.62. The second kappa shape index (κ2) is 4.83. The van der Waals surface area contributed by atoms with Gasteiger partial charge in [0.05, 0.1) is 4.92 Å². The van der Waals surface area contributed by atoms with Gasteiger partial charge in [-0.1, -0.05) is 20.8 Å². The van der Waals surface area contributed by atoms with Crippen molar-refractivity contribution in [1.82, 2.24) is 9.78 Å². The van der Waals surface area contributed by atoms with Crippen molar-refractivity contribution in [1.29, 1.82) is 0 Å². The van der Waals surface area contributed by atoms with Gasteiger partial charge >= 0.3 is 5.69 Å². The molecular weight excluding hydrogens is 244 g/mol. The molecule has 1 aromatic rings. The van der Waals surface area contributed by atoms with E-state index in [1.807, 2.05) is 13.8 Å². The molecule has 0 atom stereocenters. The maximum absolute atomic E-state index is 11.4. The predicted octanol–water partition coefficient (Wildman–Crippen LogP) is 3.20. The molecule has 1 fully saturated rings. The molecule has 2 rings (SSSR count). The average Bonchev–Trinajstić information content (AvgIpc) is 2.61. The van der Waals surface area contributed by atoms with Crippen molar-refractivity contribution >= 4 is 11.5 Å². The summed E-state index contributed by atoms with van der Waals surface area (Å²) >= 11 is 0. The maximum atomic E-state index is 11.4. The van der Waals surface area contributed by atoms with Gasteiger partial charge in [-0.05, 0) is 25.7 Å². The fourth-order valence-electron chi connectivity index (χ4n) is 2.66. The van der Waals surface area contributed by atoms with Gasteiger partial charge in [-0.2, -0.15) is 5.10 Å². The molecule has 0 amide bonds. The fourth-order valence-corrected chi connectivity index (χ4v) is 2.66. The number of nitrogens with one attached hydrogen (secondary N) is 1. The summed E-state index contributed by atoms with van der Waals surface area (Å²) in [5.41, 5.74) is 0.713. The summed E-state index contributed by atoms with van der Waals surface area (Å²) in [4.78, 5) is 11.0. The molecule has 0 spiro atoms. The van der Waals surface area contributed by atoms with E-state index < -0.39 is 0 Å². The molecule has 6 nitrogen and oxygen atoms in total. The lowest BCUT2D eigenvalue weighted by molar-refractivity contribution is -0.384. The summed E-state index contributed by atoms with van der Waals surface area (Å²) in [5.74, 6) is 0.594. The van der Waals surface area contributed by atoms with E-state index in [0.717, 1.165) is 19.3 Å². The molecule has 19 heavy (non-hydrogen) atoms. The van der Waals surface area contributed by atoms with Crippen LogP contribution in [0.2, 0.25) is 0 Å². The van der Waals surface area contributed by atoms with Gasteiger partial charge in [-0.25, -0.2) is 4.68 Å². The molecular formula is C13H22N4O2. The van der Waals surface area contributed by atoms with Gasteiger partial charge in [0.1, 0.15) is 5.69 Å². The van der Waals surface area contributed by atoms with Gasteiger partial charge in [-0.3, -0.25) is 10.1 Å². The van der Waals surface area contributed by atoms with Crippen LogP contribution in [0.25, 0.3) is 0 Å². The van der Waals surface area contributed by atoms with Crippen LogP contribution in [0.3, 0.4) is 0 Å². The second-order valence-electron chi connectivity index (χ2n) is 5.73. The molecule has 0 unspecified atom stereocenters. The first-order chi connectivity index (χ1) is 8.90. The Labute approximate surface area is 113 Å². The summed E-state index contributed by atoms with van der Waals surface area (Å²) in [7, 11) is 1.77. The highest BCUT2D eigenvalue weighted by atomic mass is 16.6. The Morgan fingerprint density at radius 1 is 1.53 bits per heavy atom. The first-order valence-corrected chi connectivity index (χ1v) is 6.89. The van der Waals surface area contributed by atoms with Crippen molar-refractivity contribution in [2.24, 2.45) is 7.05 Å². The van der Waals surface area contributed by atoms with Gasteiger partial charge in [0.2, 0.25) is 5.82 Å². The Hall–Kier alpha value is -1.59. The molecule has 1 aliphatic rings.